The molecule has 0 bridgehead atoms. The number of aliphatic imine (C=N–C) groups is 1. The smallest absolute Gasteiger partial charge is 0.308 e. The van der Waals surface area contributed by atoms with E-state index >= 15 is 0 Å². The fourth-order valence-electron chi connectivity index (χ4n) is 3.57. The number of nitrogens with zero attached hydrogens (tertiary/aromatic N) is 3. The summed E-state index contributed by atoms with van der Waals surface area (Å²) >= 11 is 0. The third kappa shape index (κ3) is 6.92. The van der Waals surface area contributed by atoms with Crippen LogP contribution in [0.3, 0.4) is 0 Å². The first kappa shape index (κ1) is 24.7. The van der Waals surface area contributed by atoms with Gasteiger partial charge in [0.15, 0.2) is 5.96 Å². The van der Waals surface area contributed by atoms with E-state index in [-0.39, 0.29) is 35.9 Å². The molecule has 2 rings (SSSR count). The van der Waals surface area contributed by atoms with Gasteiger partial charge >= 0.3 is 5.97 Å². The van der Waals surface area contributed by atoms with Crippen molar-refractivity contribution >= 4 is 35.9 Å². The molecule has 0 saturated carbocycles. The van der Waals surface area contributed by atoms with Gasteiger partial charge in [-0.2, -0.15) is 0 Å². The van der Waals surface area contributed by atoms with Crippen molar-refractivity contribution in [3.63, 3.8) is 0 Å². The summed E-state index contributed by atoms with van der Waals surface area (Å²) in [4.78, 5) is 20.8. The SMILES string of the molecule is CCN(CC)Cc1ccccc1CNC(=NC)N1CCC(C(=O)OC)CC1.I. The topological polar surface area (TPSA) is 57.2 Å². The van der Waals surface area contributed by atoms with Gasteiger partial charge < -0.3 is 15.0 Å². The molecule has 1 N–H and O–H groups in total. The number of methoxy groups -OCH3 is 1. The minimum atomic E-state index is -0.0945. The highest BCUT2D eigenvalue weighted by Gasteiger charge is 2.26. The lowest BCUT2D eigenvalue weighted by atomic mass is 9.97. The number of hydrogen-bond acceptors (Lipinski definition) is 4. The lowest BCUT2D eigenvalue weighted by Crippen LogP contribution is -2.46. The highest BCUT2D eigenvalue weighted by molar-refractivity contribution is 14.0. The number of piperidine rings is 1. The maximum Gasteiger partial charge on any atom is 0.308 e. The monoisotopic (exact) mass is 502 g/mol. The van der Waals surface area contributed by atoms with Crippen molar-refractivity contribution in [2.24, 2.45) is 10.9 Å². The molecular weight excluding hydrogens is 467 g/mol. The molecule has 7 heteroatoms. The maximum absolute atomic E-state index is 11.7. The number of ether oxygens (including phenoxy) is 1. The summed E-state index contributed by atoms with van der Waals surface area (Å²) in [5.74, 6) is 0.818. The molecule has 28 heavy (non-hydrogen) atoms. The van der Waals surface area contributed by atoms with Crippen LogP contribution in [0.4, 0.5) is 0 Å². The summed E-state index contributed by atoms with van der Waals surface area (Å²) in [6.45, 7) is 9.86. The van der Waals surface area contributed by atoms with E-state index in [0.717, 1.165) is 58.1 Å². The van der Waals surface area contributed by atoms with Crippen molar-refractivity contribution in [2.75, 3.05) is 40.3 Å². The predicted molar refractivity (Wildman–Crippen MR) is 125 cm³/mol. The van der Waals surface area contributed by atoms with Crippen LogP contribution in [0.1, 0.15) is 37.8 Å². The first-order valence-electron chi connectivity index (χ1n) is 9.95. The van der Waals surface area contributed by atoms with Gasteiger partial charge in [0.05, 0.1) is 13.0 Å². The Labute approximate surface area is 186 Å². The molecule has 0 unspecified atom stereocenters. The molecule has 1 fully saturated rings. The first-order valence-corrected chi connectivity index (χ1v) is 9.95. The van der Waals surface area contributed by atoms with Crippen molar-refractivity contribution in [1.29, 1.82) is 0 Å². The van der Waals surface area contributed by atoms with Crippen molar-refractivity contribution in [3.05, 3.63) is 35.4 Å². The molecule has 1 aliphatic rings. The molecule has 1 heterocycles. The number of carbonyl (C=O) groups is 1. The average molecular weight is 502 g/mol. The zero-order valence-electron chi connectivity index (χ0n) is 17.6. The van der Waals surface area contributed by atoms with E-state index in [1.807, 2.05) is 7.05 Å². The Morgan fingerprint density at radius 3 is 2.36 bits per heavy atom. The van der Waals surface area contributed by atoms with Crippen molar-refractivity contribution < 1.29 is 9.53 Å². The zero-order valence-corrected chi connectivity index (χ0v) is 19.9. The molecule has 0 aliphatic carbocycles. The van der Waals surface area contributed by atoms with Crippen LogP contribution in [0, 0.1) is 5.92 Å². The summed E-state index contributed by atoms with van der Waals surface area (Å²) in [5.41, 5.74) is 2.66. The van der Waals surface area contributed by atoms with Crippen LogP contribution >= 0.6 is 24.0 Å². The van der Waals surface area contributed by atoms with Gasteiger partial charge in [0.25, 0.3) is 0 Å². The fourth-order valence-corrected chi connectivity index (χ4v) is 3.57. The molecule has 1 aromatic rings. The minimum Gasteiger partial charge on any atom is -0.469 e. The summed E-state index contributed by atoms with van der Waals surface area (Å²) in [7, 11) is 3.28. The minimum absolute atomic E-state index is 0. The number of nitrogens with one attached hydrogen (secondary N) is 1. The van der Waals surface area contributed by atoms with Crippen LogP contribution in [-0.2, 0) is 22.6 Å². The molecule has 1 saturated heterocycles. The summed E-state index contributed by atoms with van der Waals surface area (Å²) in [6, 6.07) is 8.59. The lowest BCUT2D eigenvalue weighted by Gasteiger charge is -2.33. The number of guanidine groups is 1. The van der Waals surface area contributed by atoms with Crippen molar-refractivity contribution in [3.8, 4) is 0 Å². The maximum atomic E-state index is 11.7. The Morgan fingerprint density at radius 2 is 1.82 bits per heavy atom. The molecule has 0 atom stereocenters. The quantitative estimate of drug-likeness (QED) is 0.269. The number of halogens is 1. The van der Waals surface area contributed by atoms with Crippen LogP contribution in [0.5, 0.6) is 0 Å². The lowest BCUT2D eigenvalue weighted by molar-refractivity contribution is -0.146. The predicted octanol–water partition coefficient (Wildman–Crippen LogP) is 3.11. The Morgan fingerprint density at radius 1 is 1.21 bits per heavy atom. The third-order valence-corrected chi connectivity index (χ3v) is 5.38. The third-order valence-electron chi connectivity index (χ3n) is 5.38. The normalized spacial score (nSPS) is 15.3. The highest BCUT2D eigenvalue weighted by atomic mass is 127. The molecular formula is C21H35IN4O2. The van der Waals surface area contributed by atoms with Crippen LogP contribution in [-0.4, -0.2) is 62.1 Å². The number of likely N-dealkylation sites (tertiary alicyclic amines) is 1. The van der Waals surface area contributed by atoms with Crippen molar-refractivity contribution in [2.45, 2.75) is 39.8 Å². The second kappa shape index (κ2) is 13.0. The Hall–Kier alpha value is -1.35. The molecule has 0 aromatic heterocycles. The van der Waals surface area contributed by atoms with E-state index in [0.29, 0.717) is 0 Å². The molecule has 0 spiro atoms. The van der Waals surface area contributed by atoms with Gasteiger partial charge in [-0.25, -0.2) is 0 Å². The van der Waals surface area contributed by atoms with E-state index in [2.05, 4.69) is 58.2 Å². The molecule has 1 aromatic carbocycles. The number of rotatable bonds is 7. The number of esters is 1. The second-order valence-electron chi connectivity index (χ2n) is 6.92. The van der Waals surface area contributed by atoms with Gasteiger partial charge in [-0.05, 0) is 37.1 Å². The number of carbonyl (C=O) groups excluding carboxylic acids is 1. The zero-order chi connectivity index (χ0) is 19.6. The van der Waals surface area contributed by atoms with Gasteiger partial charge in [-0.15, -0.1) is 24.0 Å². The van der Waals surface area contributed by atoms with E-state index in [4.69, 9.17) is 4.74 Å². The summed E-state index contributed by atoms with van der Waals surface area (Å²) in [6.07, 6.45) is 1.62. The van der Waals surface area contributed by atoms with Gasteiger partial charge in [0.1, 0.15) is 0 Å². The number of benzene rings is 1. The van der Waals surface area contributed by atoms with Gasteiger partial charge in [0, 0.05) is 33.2 Å². The Bertz CT molecular complexity index is 627. The largest absolute Gasteiger partial charge is 0.469 e. The molecule has 158 valence electrons. The summed E-state index contributed by atoms with van der Waals surface area (Å²) in [5, 5.41) is 3.50. The van der Waals surface area contributed by atoms with Crippen LogP contribution in [0.25, 0.3) is 0 Å². The molecule has 0 radical (unpaired) electrons. The number of hydrogen-bond donors (Lipinski definition) is 1. The van der Waals surface area contributed by atoms with Gasteiger partial charge in [0.2, 0.25) is 0 Å². The van der Waals surface area contributed by atoms with Crippen LogP contribution in [0.2, 0.25) is 0 Å². The van der Waals surface area contributed by atoms with Crippen LogP contribution in [0.15, 0.2) is 29.3 Å². The first-order chi connectivity index (χ1) is 13.1. The van der Waals surface area contributed by atoms with Crippen molar-refractivity contribution in [1.82, 2.24) is 15.1 Å². The van der Waals surface area contributed by atoms with E-state index < -0.39 is 0 Å². The Kier molecular flexibility index (Phi) is 11.4. The highest BCUT2D eigenvalue weighted by Crippen LogP contribution is 2.19. The average Bonchev–Trinajstić information content (AvgIpc) is 2.73. The van der Waals surface area contributed by atoms with E-state index in [1.165, 1.54) is 18.2 Å². The molecule has 1 aliphatic heterocycles. The Balaban J connectivity index is 0.00000392. The van der Waals surface area contributed by atoms with Crippen LogP contribution < -0.4 is 5.32 Å². The standard InChI is InChI=1S/C21H34N4O2.HI/c1-5-24(6-2)16-19-10-8-7-9-18(19)15-23-21(22-3)25-13-11-17(12-14-25)20(26)27-4;/h7-10,17H,5-6,11-16H2,1-4H3,(H,22,23);1H. The second-order valence-corrected chi connectivity index (χ2v) is 6.92. The van der Waals surface area contributed by atoms with E-state index in [9.17, 15) is 4.79 Å². The molecule has 0 amide bonds. The van der Waals surface area contributed by atoms with E-state index in [1.54, 1.807) is 0 Å². The summed E-state index contributed by atoms with van der Waals surface area (Å²) < 4.78 is 4.87. The molecule has 6 nitrogen and oxygen atoms in total. The fraction of sp³-hybridized carbons (Fsp3) is 0.619. The van der Waals surface area contributed by atoms with Gasteiger partial charge in [-0.3, -0.25) is 14.7 Å². The van der Waals surface area contributed by atoms with Gasteiger partial charge in [-0.1, -0.05) is 38.1 Å².